The van der Waals surface area contributed by atoms with Crippen molar-refractivity contribution >= 4 is 34.0 Å². The van der Waals surface area contributed by atoms with E-state index >= 15 is 0 Å². The predicted molar refractivity (Wildman–Crippen MR) is 109 cm³/mol. The molecule has 0 bridgehead atoms. The lowest BCUT2D eigenvalue weighted by Crippen LogP contribution is -2.48. The van der Waals surface area contributed by atoms with Gasteiger partial charge in [0.2, 0.25) is 15.9 Å². The maximum absolute atomic E-state index is 13.7. The summed E-state index contributed by atoms with van der Waals surface area (Å²) in [5, 5.41) is 5.82. The lowest BCUT2D eigenvalue weighted by Gasteiger charge is -2.35. The van der Waals surface area contributed by atoms with Gasteiger partial charge in [0.1, 0.15) is 5.82 Å². The number of carbonyl (C=O) groups is 1. The number of nitrogens with zero attached hydrogens (tertiary/aromatic N) is 1. The van der Waals surface area contributed by atoms with E-state index in [1.54, 1.807) is 25.1 Å². The molecule has 1 aliphatic rings. The van der Waals surface area contributed by atoms with Crippen molar-refractivity contribution in [2.45, 2.75) is 24.8 Å². The number of rotatable bonds is 4. The van der Waals surface area contributed by atoms with Crippen molar-refractivity contribution in [2.75, 3.05) is 25.0 Å². The first-order chi connectivity index (χ1) is 12.8. The van der Waals surface area contributed by atoms with Crippen LogP contribution < -0.4 is 10.6 Å². The number of sulfonamides is 1. The van der Waals surface area contributed by atoms with E-state index in [-0.39, 0.29) is 29.8 Å². The third kappa shape index (κ3) is 4.70. The maximum Gasteiger partial charge on any atom is 0.243 e. The van der Waals surface area contributed by atoms with Gasteiger partial charge in [-0.05, 0) is 42.3 Å². The van der Waals surface area contributed by atoms with Gasteiger partial charge in [-0.3, -0.25) is 4.79 Å². The van der Waals surface area contributed by atoms with Gasteiger partial charge in [-0.15, -0.1) is 12.4 Å². The molecule has 28 heavy (non-hydrogen) atoms. The van der Waals surface area contributed by atoms with Crippen LogP contribution in [0.3, 0.4) is 0 Å². The van der Waals surface area contributed by atoms with E-state index in [9.17, 15) is 17.6 Å². The summed E-state index contributed by atoms with van der Waals surface area (Å²) >= 11 is 0. The molecule has 3 rings (SSSR count). The molecule has 6 nitrogen and oxygen atoms in total. The number of benzene rings is 2. The van der Waals surface area contributed by atoms with E-state index in [0.29, 0.717) is 24.3 Å². The Morgan fingerprint density at radius 1 is 1.25 bits per heavy atom. The van der Waals surface area contributed by atoms with Gasteiger partial charge in [0.15, 0.2) is 0 Å². The smallest absolute Gasteiger partial charge is 0.243 e. The topological polar surface area (TPSA) is 78.5 Å². The summed E-state index contributed by atoms with van der Waals surface area (Å²) < 4.78 is 41.6. The van der Waals surface area contributed by atoms with Crippen LogP contribution in [0.4, 0.5) is 10.1 Å². The number of hydrogen-bond donors (Lipinski definition) is 2. The molecule has 1 heterocycles. The van der Waals surface area contributed by atoms with Crippen molar-refractivity contribution in [1.82, 2.24) is 9.62 Å². The minimum absolute atomic E-state index is 0. The van der Waals surface area contributed by atoms with Crippen molar-refractivity contribution in [2.24, 2.45) is 0 Å². The lowest BCUT2D eigenvalue weighted by atomic mass is 10.1. The molecule has 2 aromatic carbocycles. The van der Waals surface area contributed by atoms with Crippen LogP contribution in [-0.2, 0) is 14.8 Å². The standard InChI is InChI=1S/C19H22FN3O3S.ClH/c1-13-6-7-17(11-18(13)22-14(2)24)27(25,26)23-9-8-21-12-19(23)15-4-3-5-16(20)10-15;/h3-7,10-11,19,21H,8-9,12H2,1-2H3,(H,22,24);1H. The summed E-state index contributed by atoms with van der Waals surface area (Å²) in [6.45, 7) is 4.34. The second-order valence-corrected chi connectivity index (χ2v) is 8.44. The van der Waals surface area contributed by atoms with Crippen molar-refractivity contribution in [3.8, 4) is 0 Å². The van der Waals surface area contributed by atoms with Gasteiger partial charge in [-0.25, -0.2) is 12.8 Å². The quantitative estimate of drug-likeness (QED) is 0.786. The van der Waals surface area contributed by atoms with Crippen molar-refractivity contribution < 1.29 is 17.6 Å². The van der Waals surface area contributed by atoms with Gasteiger partial charge in [0, 0.05) is 32.2 Å². The third-order valence-electron chi connectivity index (χ3n) is 4.55. The van der Waals surface area contributed by atoms with E-state index in [2.05, 4.69) is 10.6 Å². The molecule has 152 valence electrons. The average molecular weight is 428 g/mol. The molecule has 1 unspecified atom stereocenters. The summed E-state index contributed by atoms with van der Waals surface area (Å²) in [7, 11) is -3.83. The monoisotopic (exact) mass is 427 g/mol. The highest BCUT2D eigenvalue weighted by Gasteiger charge is 2.34. The number of piperazine rings is 1. The second-order valence-electron chi connectivity index (χ2n) is 6.55. The van der Waals surface area contributed by atoms with Crippen molar-refractivity contribution in [3.05, 3.63) is 59.4 Å². The molecule has 0 spiro atoms. The Morgan fingerprint density at radius 3 is 2.68 bits per heavy atom. The SMILES string of the molecule is CC(=O)Nc1cc(S(=O)(=O)N2CCNCC2c2cccc(F)c2)ccc1C.Cl. The van der Waals surface area contributed by atoms with Crippen LogP contribution in [0, 0.1) is 12.7 Å². The van der Waals surface area contributed by atoms with E-state index in [1.807, 2.05) is 0 Å². The fourth-order valence-corrected chi connectivity index (χ4v) is 4.83. The Morgan fingerprint density at radius 2 is 2.00 bits per heavy atom. The second kappa shape index (κ2) is 9.00. The Kier molecular flexibility index (Phi) is 7.16. The number of nitrogens with one attached hydrogen (secondary N) is 2. The van der Waals surface area contributed by atoms with E-state index < -0.39 is 21.9 Å². The maximum atomic E-state index is 13.7. The highest BCUT2D eigenvalue weighted by Crippen LogP contribution is 2.31. The first-order valence-electron chi connectivity index (χ1n) is 8.65. The van der Waals surface area contributed by atoms with Gasteiger partial charge < -0.3 is 10.6 Å². The zero-order chi connectivity index (χ0) is 19.6. The predicted octanol–water partition coefficient (Wildman–Crippen LogP) is 2.85. The summed E-state index contributed by atoms with van der Waals surface area (Å²) in [6.07, 6.45) is 0. The van der Waals surface area contributed by atoms with Gasteiger partial charge in [-0.1, -0.05) is 18.2 Å². The molecule has 1 fully saturated rings. The zero-order valence-electron chi connectivity index (χ0n) is 15.6. The number of halogens is 2. The first kappa shape index (κ1) is 22.3. The number of aryl methyl sites for hydroxylation is 1. The fourth-order valence-electron chi connectivity index (χ4n) is 3.19. The highest BCUT2D eigenvalue weighted by molar-refractivity contribution is 7.89. The van der Waals surface area contributed by atoms with Gasteiger partial charge in [0.05, 0.1) is 10.9 Å². The Labute approximate surface area is 170 Å². The van der Waals surface area contributed by atoms with Gasteiger partial charge >= 0.3 is 0 Å². The molecule has 2 N–H and O–H groups in total. The normalized spacial score (nSPS) is 17.6. The van der Waals surface area contributed by atoms with Crippen LogP contribution in [0.5, 0.6) is 0 Å². The zero-order valence-corrected chi connectivity index (χ0v) is 17.2. The number of carbonyl (C=O) groups excluding carboxylic acids is 1. The third-order valence-corrected chi connectivity index (χ3v) is 6.46. The number of anilines is 1. The minimum Gasteiger partial charge on any atom is -0.326 e. The Balaban J connectivity index is 0.00000280. The molecule has 1 amide bonds. The minimum atomic E-state index is -3.83. The van der Waals surface area contributed by atoms with Gasteiger partial charge in [0.25, 0.3) is 0 Å². The molecule has 1 saturated heterocycles. The number of amides is 1. The molecule has 1 atom stereocenters. The average Bonchev–Trinajstić information content (AvgIpc) is 2.63. The van der Waals surface area contributed by atoms with E-state index in [4.69, 9.17) is 0 Å². The molecule has 2 aromatic rings. The Hall–Kier alpha value is -2.00. The molecule has 0 saturated carbocycles. The fraction of sp³-hybridized carbons (Fsp3) is 0.316. The largest absolute Gasteiger partial charge is 0.326 e. The lowest BCUT2D eigenvalue weighted by molar-refractivity contribution is -0.114. The van der Waals surface area contributed by atoms with Crippen LogP contribution in [0.2, 0.25) is 0 Å². The summed E-state index contributed by atoms with van der Waals surface area (Å²) in [5.41, 5.74) is 1.83. The van der Waals surface area contributed by atoms with Crippen LogP contribution in [-0.4, -0.2) is 38.3 Å². The molecule has 0 aromatic heterocycles. The summed E-state index contributed by atoms with van der Waals surface area (Å²) in [4.78, 5) is 11.5. The molecular formula is C19H23ClFN3O3S. The van der Waals surface area contributed by atoms with Crippen LogP contribution in [0.1, 0.15) is 24.1 Å². The summed E-state index contributed by atoms with van der Waals surface area (Å²) in [6, 6.07) is 10.1. The molecule has 0 aliphatic carbocycles. The molecule has 0 radical (unpaired) electrons. The molecule has 1 aliphatic heterocycles. The molecule has 9 heteroatoms. The van der Waals surface area contributed by atoms with E-state index in [0.717, 1.165) is 5.56 Å². The van der Waals surface area contributed by atoms with Crippen LogP contribution >= 0.6 is 12.4 Å². The van der Waals surface area contributed by atoms with Crippen LogP contribution in [0.25, 0.3) is 0 Å². The van der Waals surface area contributed by atoms with Crippen LogP contribution in [0.15, 0.2) is 47.4 Å². The highest BCUT2D eigenvalue weighted by atomic mass is 35.5. The molecular weight excluding hydrogens is 405 g/mol. The van der Waals surface area contributed by atoms with Crippen molar-refractivity contribution in [3.63, 3.8) is 0 Å². The number of hydrogen-bond acceptors (Lipinski definition) is 4. The van der Waals surface area contributed by atoms with E-state index in [1.165, 1.54) is 35.5 Å². The van der Waals surface area contributed by atoms with Gasteiger partial charge in [-0.2, -0.15) is 4.31 Å². The Bertz CT molecular complexity index is 969. The van der Waals surface area contributed by atoms with Crippen molar-refractivity contribution in [1.29, 1.82) is 0 Å². The summed E-state index contributed by atoms with van der Waals surface area (Å²) in [5.74, 6) is -0.675. The first-order valence-corrected chi connectivity index (χ1v) is 10.1.